The van der Waals surface area contributed by atoms with Crippen molar-refractivity contribution in [1.29, 1.82) is 0 Å². The molecule has 2 aliphatic rings. The maximum atomic E-state index is 13.2. The zero-order valence-corrected chi connectivity index (χ0v) is 18.8. The Kier molecular flexibility index (Phi) is 5.07. The monoisotopic (exact) mass is 434 g/mol. The Bertz CT molecular complexity index is 1210. The molecular formula is C25H26N2O5. The predicted octanol–water partition coefficient (Wildman–Crippen LogP) is 4.62. The Morgan fingerprint density at radius 3 is 2.44 bits per heavy atom. The van der Waals surface area contributed by atoms with Crippen LogP contribution in [-0.4, -0.2) is 33.4 Å². The van der Waals surface area contributed by atoms with Crippen LogP contribution in [0.15, 0.2) is 34.9 Å². The Balaban J connectivity index is 1.77. The largest absolute Gasteiger partial charge is 0.507 e. The van der Waals surface area contributed by atoms with E-state index in [2.05, 4.69) is 5.10 Å². The summed E-state index contributed by atoms with van der Waals surface area (Å²) in [6.45, 7) is 9.59. The third kappa shape index (κ3) is 3.53. The third-order valence-corrected chi connectivity index (χ3v) is 6.18. The first kappa shape index (κ1) is 21.6. The Morgan fingerprint density at radius 1 is 1.16 bits per heavy atom. The highest BCUT2D eigenvalue weighted by Gasteiger charge is 2.33. The van der Waals surface area contributed by atoms with Gasteiger partial charge < -0.3 is 14.9 Å². The third-order valence-electron chi connectivity index (χ3n) is 6.18. The van der Waals surface area contributed by atoms with Crippen molar-refractivity contribution < 1.29 is 24.5 Å². The van der Waals surface area contributed by atoms with Crippen LogP contribution in [0.5, 0.6) is 11.5 Å². The minimum atomic E-state index is -1.04. The number of phenols is 1. The van der Waals surface area contributed by atoms with Crippen molar-refractivity contribution in [3.8, 4) is 11.5 Å². The number of ether oxygens (including phenoxy) is 1. The molecule has 0 atom stereocenters. The average Bonchev–Trinajstić information content (AvgIpc) is 3.03. The van der Waals surface area contributed by atoms with Gasteiger partial charge in [0.2, 0.25) is 0 Å². The first-order valence-electron chi connectivity index (χ1n) is 10.5. The molecule has 0 radical (unpaired) electrons. The number of hydrogen-bond acceptors (Lipinski definition) is 5. The average molecular weight is 434 g/mol. The number of rotatable bonds is 3. The number of phenolic OH excluding ortho intramolecular Hbond substituents is 1. The molecule has 1 amide bonds. The van der Waals surface area contributed by atoms with Crippen molar-refractivity contribution in [3.63, 3.8) is 0 Å². The highest BCUT2D eigenvalue weighted by atomic mass is 16.5. The van der Waals surface area contributed by atoms with Crippen molar-refractivity contribution in [3.05, 3.63) is 57.7 Å². The van der Waals surface area contributed by atoms with Gasteiger partial charge in [-0.25, -0.2) is 4.79 Å². The molecule has 0 bridgehead atoms. The van der Waals surface area contributed by atoms with Crippen LogP contribution in [-0.2, 0) is 11.2 Å². The number of carbonyl (C=O) groups excluding carboxylic acids is 1. The smallest absolute Gasteiger partial charge is 0.335 e. The van der Waals surface area contributed by atoms with E-state index < -0.39 is 5.97 Å². The molecule has 2 aromatic carbocycles. The molecule has 7 nitrogen and oxygen atoms in total. The van der Waals surface area contributed by atoms with Gasteiger partial charge in [-0.1, -0.05) is 0 Å². The number of carbonyl (C=O) groups is 2. The lowest BCUT2D eigenvalue weighted by Crippen LogP contribution is -2.33. The van der Waals surface area contributed by atoms with E-state index in [0.717, 1.165) is 35.3 Å². The van der Waals surface area contributed by atoms with Crippen molar-refractivity contribution in [1.82, 2.24) is 0 Å². The molecule has 0 unspecified atom stereocenters. The fourth-order valence-corrected chi connectivity index (χ4v) is 4.09. The zero-order chi connectivity index (χ0) is 23.4. The fraction of sp³-hybridized carbons (Fsp3) is 0.320. The number of hydrogen-bond donors (Lipinski definition) is 2. The number of carboxylic acids is 1. The van der Waals surface area contributed by atoms with E-state index in [0.29, 0.717) is 22.5 Å². The van der Waals surface area contributed by atoms with Crippen LogP contribution in [0.1, 0.15) is 59.8 Å². The molecule has 166 valence electrons. The van der Waals surface area contributed by atoms with Gasteiger partial charge in [-0.05, 0) is 88.9 Å². The van der Waals surface area contributed by atoms with Crippen molar-refractivity contribution >= 4 is 29.4 Å². The SMILES string of the molecule is CC1=NN(c2ccc(C(=O)O)cc2)C(=O)/C1=C/c1c(O)c(C)c(C)c2c1CCC(C)(C)O2. The van der Waals surface area contributed by atoms with E-state index in [4.69, 9.17) is 9.84 Å². The summed E-state index contributed by atoms with van der Waals surface area (Å²) in [6.07, 6.45) is 3.21. The topological polar surface area (TPSA) is 99.4 Å². The lowest BCUT2D eigenvalue weighted by atomic mass is 9.86. The molecule has 0 fully saturated rings. The van der Waals surface area contributed by atoms with Gasteiger partial charge in [-0.15, -0.1) is 0 Å². The maximum absolute atomic E-state index is 13.2. The molecular weight excluding hydrogens is 408 g/mol. The van der Waals surface area contributed by atoms with Crippen LogP contribution in [0.4, 0.5) is 5.69 Å². The van der Waals surface area contributed by atoms with Crippen LogP contribution in [0.3, 0.4) is 0 Å². The van der Waals surface area contributed by atoms with E-state index in [1.807, 2.05) is 27.7 Å². The van der Waals surface area contributed by atoms with Crippen LogP contribution in [0.2, 0.25) is 0 Å². The molecule has 0 spiro atoms. The Hall–Kier alpha value is -3.61. The minimum Gasteiger partial charge on any atom is -0.507 e. The number of aromatic carboxylic acids is 1. The quantitative estimate of drug-likeness (QED) is 0.687. The summed E-state index contributed by atoms with van der Waals surface area (Å²) in [7, 11) is 0. The second kappa shape index (κ2) is 7.51. The number of hydrazone groups is 1. The van der Waals surface area contributed by atoms with E-state index in [9.17, 15) is 14.7 Å². The number of anilines is 1. The van der Waals surface area contributed by atoms with Crippen molar-refractivity contribution in [2.24, 2.45) is 5.10 Å². The number of benzene rings is 2. The first-order valence-corrected chi connectivity index (χ1v) is 10.5. The number of carboxylic acid groups (broad SMARTS) is 1. The summed E-state index contributed by atoms with van der Waals surface area (Å²) in [6, 6.07) is 5.96. The molecule has 2 N–H and O–H groups in total. The molecule has 7 heteroatoms. The van der Waals surface area contributed by atoms with Gasteiger partial charge in [0.1, 0.15) is 17.1 Å². The summed E-state index contributed by atoms with van der Waals surface area (Å²) in [5, 5.41) is 25.6. The molecule has 2 aliphatic heterocycles. The predicted molar refractivity (Wildman–Crippen MR) is 123 cm³/mol. The van der Waals surface area contributed by atoms with Gasteiger partial charge in [0.15, 0.2) is 0 Å². The number of amides is 1. The molecule has 4 rings (SSSR count). The van der Waals surface area contributed by atoms with Gasteiger partial charge in [0, 0.05) is 11.1 Å². The second-order valence-corrected chi connectivity index (χ2v) is 8.89. The Morgan fingerprint density at radius 2 is 1.81 bits per heavy atom. The van der Waals surface area contributed by atoms with E-state index >= 15 is 0 Å². The standard InChI is InChI=1S/C25H26N2O5/c1-13-14(2)22-18(10-11-25(4,5)32-22)20(21(13)28)12-19-15(3)26-27(23(19)29)17-8-6-16(7-9-17)24(30)31/h6-9,12,28H,10-11H2,1-5H3,(H,30,31)/b19-12+. The molecule has 0 saturated carbocycles. The highest BCUT2D eigenvalue weighted by molar-refractivity contribution is 6.32. The highest BCUT2D eigenvalue weighted by Crippen LogP contribution is 2.44. The van der Waals surface area contributed by atoms with Gasteiger partial charge in [-0.3, -0.25) is 4.79 Å². The molecule has 0 saturated heterocycles. The van der Waals surface area contributed by atoms with Gasteiger partial charge in [0.05, 0.1) is 22.5 Å². The normalized spacial score (nSPS) is 18.4. The van der Waals surface area contributed by atoms with Gasteiger partial charge >= 0.3 is 5.97 Å². The number of aromatic hydroxyl groups is 1. The van der Waals surface area contributed by atoms with E-state index in [-0.39, 0.29) is 22.8 Å². The maximum Gasteiger partial charge on any atom is 0.335 e. The van der Waals surface area contributed by atoms with Crippen molar-refractivity contribution in [2.45, 2.75) is 53.1 Å². The summed E-state index contributed by atoms with van der Waals surface area (Å²) >= 11 is 0. The lowest BCUT2D eigenvalue weighted by molar-refractivity contribution is -0.114. The molecule has 0 aliphatic carbocycles. The van der Waals surface area contributed by atoms with Crippen LogP contribution in [0, 0.1) is 13.8 Å². The summed E-state index contributed by atoms with van der Waals surface area (Å²) in [5.74, 6) is -0.467. The fourth-order valence-electron chi connectivity index (χ4n) is 4.09. The van der Waals surface area contributed by atoms with Crippen LogP contribution in [0.25, 0.3) is 6.08 Å². The minimum absolute atomic E-state index is 0.131. The van der Waals surface area contributed by atoms with E-state index in [1.54, 1.807) is 25.1 Å². The van der Waals surface area contributed by atoms with Crippen molar-refractivity contribution in [2.75, 3.05) is 5.01 Å². The molecule has 0 aromatic heterocycles. The Labute approximate surface area is 186 Å². The lowest BCUT2D eigenvalue weighted by Gasteiger charge is -2.35. The zero-order valence-electron chi connectivity index (χ0n) is 18.8. The second-order valence-electron chi connectivity index (χ2n) is 8.89. The summed E-state index contributed by atoms with van der Waals surface area (Å²) in [4.78, 5) is 24.3. The van der Waals surface area contributed by atoms with E-state index in [1.165, 1.54) is 17.1 Å². The first-order chi connectivity index (χ1) is 15.0. The summed E-state index contributed by atoms with van der Waals surface area (Å²) < 4.78 is 6.25. The summed E-state index contributed by atoms with van der Waals surface area (Å²) in [5.41, 5.74) is 4.28. The number of nitrogens with zero attached hydrogens (tertiary/aromatic N) is 2. The molecule has 2 heterocycles. The van der Waals surface area contributed by atoms with Gasteiger partial charge in [0.25, 0.3) is 5.91 Å². The molecule has 32 heavy (non-hydrogen) atoms. The van der Waals surface area contributed by atoms with Gasteiger partial charge in [-0.2, -0.15) is 10.1 Å². The number of fused-ring (bicyclic) bond motifs is 1. The van der Waals surface area contributed by atoms with Crippen LogP contribution < -0.4 is 9.75 Å². The van der Waals surface area contributed by atoms with Crippen LogP contribution >= 0.6 is 0 Å². The molecule has 2 aromatic rings.